The van der Waals surface area contributed by atoms with Gasteiger partial charge in [-0.1, -0.05) is 127 Å². The number of benzene rings is 7. The van der Waals surface area contributed by atoms with Crippen LogP contribution < -0.4 is 0 Å². The lowest BCUT2D eigenvalue weighted by Gasteiger charge is -2.19. The summed E-state index contributed by atoms with van der Waals surface area (Å²) in [6, 6.07) is 52.0. The molecule has 182 valence electrons. The Balaban J connectivity index is 1.47. The molecule has 0 unspecified atom stereocenters. The molecule has 0 fully saturated rings. The highest BCUT2D eigenvalue weighted by Crippen LogP contribution is 2.46. The minimum absolute atomic E-state index is 0.917. The summed E-state index contributed by atoms with van der Waals surface area (Å²) in [4.78, 5) is 0. The lowest BCUT2D eigenvalue weighted by molar-refractivity contribution is 0.669. The van der Waals surface area contributed by atoms with E-state index < -0.39 is 0 Å². The van der Waals surface area contributed by atoms with Crippen LogP contribution in [-0.4, -0.2) is 0 Å². The van der Waals surface area contributed by atoms with Crippen LogP contribution in [0.25, 0.3) is 76.9 Å². The summed E-state index contributed by atoms with van der Waals surface area (Å²) >= 11 is 0. The van der Waals surface area contributed by atoms with Gasteiger partial charge in [0, 0.05) is 10.8 Å². The van der Waals surface area contributed by atoms with Crippen LogP contribution >= 0.6 is 0 Å². The average molecular weight is 497 g/mol. The number of rotatable bonds is 3. The summed E-state index contributed by atoms with van der Waals surface area (Å²) < 4.78 is 6.30. The van der Waals surface area contributed by atoms with E-state index in [9.17, 15) is 0 Å². The van der Waals surface area contributed by atoms with Crippen molar-refractivity contribution in [2.24, 2.45) is 0 Å². The first-order valence-corrected chi connectivity index (χ1v) is 13.4. The van der Waals surface area contributed by atoms with E-state index in [0.29, 0.717) is 0 Å². The van der Waals surface area contributed by atoms with Crippen LogP contribution in [0.3, 0.4) is 0 Å². The third kappa shape index (κ3) is 3.41. The van der Waals surface area contributed by atoms with Gasteiger partial charge in [0.25, 0.3) is 0 Å². The van der Waals surface area contributed by atoms with Gasteiger partial charge in [0.05, 0.1) is 0 Å². The fourth-order valence-corrected chi connectivity index (χ4v) is 6.18. The minimum atomic E-state index is 0.917. The Labute approximate surface area is 226 Å². The third-order valence-corrected chi connectivity index (χ3v) is 7.88. The van der Waals surface area contributed by atoms with Crippen LogP contribution in [0.4, 0.5) is 0 Å². The molecule has 0 atom stereocenters. The monoisotopic (exact) mass is 496 g/mol. The maximum atomic E-state index is 6.30. The zero-order chi connectivity index (χ0) is 25.8. The van der Waals surface area contributed by atoms with Crippen molar-refractivity contribution in [2.75, 3.05) is 0 Å². The van der Waals surface area contributed by atoms with Gasteiger partial charge in [0.2, 0.25) is 0 Å². The largest absolute Gasteiger partial charge is 0.456 e. The smallest absolute Gasteiger partial charge is 0.136 e. The van der Waals surface area contributed by atoms with E-state index in [1.165, 1.54) is 49.4 Å². The van der Waals surface area contributed by atoms with E-state index >= 15 is 0 Å². The lowest BCUT2D eigenvalue weighted by atomic mass is 9.84. The Morgan fingerprint density at radius 1 is 0.308 bits per heavy atom. The molecule has 0 amide bonds. The van der Waals surface area contributed by atoms with E-state index in [1.807, 2.05) is 12.1 Å². The Kier molecular flexibility index (Phi) is 4.89. The molecule has 1 heteroatoms. The average Bonchev–Trinajstić information content (AvgIpc) is 3.38. The number of hydrogen-bond acceptors (Lipinski definition) is 1. The number of hydrogen-bond donors (Lipinski definition) is 0. The predicted molar refractivity (Wildman–Crippen MR) is 165 cm³/mol. The summed E-state index contributed by atoms with van der Waals surface area (Å²) in [7, 11) is 0. The Morgan fingerprint density at radius 3 is 1.51 bits per heavy atom. The number of fused-ring (bicyclic) bond motifs is 5. The van der Waals surface area contributed by atoms with Gasteiger partial charge >= 0.3 is 0 Å². The van der Waals surface area contributed by atoms with E-state index in [4.69, 9.17) is 4.42 Å². The maximum Gasteiger partial charge on any atom is 0.136 e. The van der Waals surface area contributed by atoms with Gasteiger partial charge in [0.1, 0.15) is 11.2 Å². The standard InChI is InChI=1S/C38H24O/c1-2-12-25(13-3-1)27-14-4-5-16-30(27)38-33-19-8-6-17-31(33)37(32-18-7-9-20-34(32)38)26-22-23-29-28-15-10-11-21-35(28)39-36(29)24-26/h1-24H. The molecule has 0 aliphatic carbocycles. The van der Waals surface area contributed by atoms with Gasteiger partial charge in [-0.25, -0.2) is 0 Å². The maximum absolute atomic E-state index is 6.30. The van der Waals surface area contributed by atoms with Gasteiger partial charge in [0.15, 0.2) is 0 Å². The van der Waals surface area contributed by atoms with Crippen molar-refractivity contribution in [1.82, 2.24) is 0 Å². The van der Waals surface area contributed by atoms with Crippen LogP contribution in [0.2, 0.25) is 0 Å². The second kappa shape index (κ2) is 8.72. The van der Waals surface area contributed by atoms with Crippen molar-refractivity contribution < 1.29 is 4.42 Å². The van der Waals surface area contributed by atoms with Crippen molar-refractivity contribution in [3.63, 3.8) is 0 Å². The quantitative estimate of drug-likeness (QED) is 0.222. The predicted octanol–water partition coefficient (Wildman–Crippen LogP) is 10.9. The molecule has 39 heavy (non-hydrogen) atoms. The summed E-state index contributed by atoms with van der Waals surface area (Å²) in [5, 5.41) is 7.28. The third-order valence-electron chi connectivity index (χ3n) is 7.88. The summed E-state index contributed by atoms with van der Waals surface area (Å²) in [6.07, 6.45) is 0. The first-order chi connectivity index (χ1) is 19.4. The number of para-hydroxylation sites is 1. The molecule has 8 aromatic rings. The van der Waals surface area contributed by atoms with E-state index in [-0.39, 0.29) is 0 Å². The molecule has 8 rings (SSSR count). The molecule has 1 heterocycles. The first kappa shape index (κ1) is 21.9. The van der Waals surface area contributed by atoms with Crippen molar-refractivity contribution in [1.29, 1.82) is 0 Å². The van der Waals surface area contributed by atoms with Crippen LogP contribution in [-0.2, 0) is 0 Å². The minimum Gasteiger partial charge on any atom is -0.456 e. The number of furan rings is 1. The fraction of sp³-hybridized carbons (Fsp3) is 0. The van der Waals surface area contributed by atoms with E-state index in [1.54, 1.807) is 0 Å². The normalized spacial score (nSPS) is 11.6. The van der Waals surface area contributed by atoms with Gasteiger partial charge in [-0.15, -0.1) is 0 Å². The first-order valence-electron chi connectivity index (χ1n) is 13.4. The van der Waals surface area contributed by atoms with Gasteiger partial charge in [-0.3, -0.25) is 0 Å². The zero-order valence-electron chi connectivity index (χ0n) is 21.3. The molecular weight excluding hydrogens is 472 g/mol. The van der Waals surface area contributed by atoms with Gasteiger partial charge in [-0.05, 0) is 73.1 Å². The Morgan fingerprint density at radius 2 is 0.821 bits per heavy atom. The van der Waals surface area contributed by atoms with Crippen LogP contribution in [0.15, 0.2) is 150 Å². The van der Waals surface area contributed by atoms with Crippen molar-refractivity contribution >= 4 is 43.5 Å². The van der Waals surface area contributed by atoms with Crippen LogP contribution in [0, 0.1) is 0 Å². The molecular formula is C38H24O. The van der Waals surface area contributed by atoms with Crippen molar-refractivity contribution in [3.8, 4) is 33.4 Å². The SMILES string of the molecule is c1ccc(-c2ccccc2-c2c3ccccc3c(-c3ccc4c(c3)oc3ccccc34)c3ccccc23)cc1. The van der Waals surface area contributed by atoms with E-state index in [0.717, 1.165) is 27.5 Å². The lowest BCUT2D eigenvalue weighted by Crippen LogP contribution is -1.92. The van der Waals surface area contributed by atoms with Crippen LogP contribution in [0.5, 0.6) is 0 Å². The highest BCUT2D eigenvalue weighted by molar-refractivity contribution is 6.23. The second-order valence-electron chi connectivity index (χ2n) is 10.1. The summed E-state index contributed by atoms with van der Waals surface area (Å²) in [5.74, 6) is 0. The molecule has 0 saturated heterocycles. The molecule has 1 aromatic heterocycles. The molecule has 0 aliphatic rings. The van der Waals surface area contributed by atoms with E-state index in [2.05, 4.69) is 133 Å². The Hall–Kier alpha value is -5.14. The zero-order valence-corrected chi connectivity index (χ0v) is 21.3. The van der Waals surface area contributed by atoms with Crippen molar-refractivity contribution in [3.05, 3.63) is 146 Å². The highest BCUT2D eigenvalue weighted by atomic mass is 16.3. The molecule has 0 saturated carbocycles. The van der Waals surface area contributed by atoms with Gasteiger partial charge < -0.3 is 4.42 Å². The second-order valence-corrected chi connectivity index (χ2v) is 10.1. The topological polar surface area (TPSA) is 13.1 Å². The molecule has 0 bridgehead atoms. The molecule has 7 aromatic carbocycles. The highest BCUT2D eigenvalue weighted by Gasteiger charge is 2.19. The molecule has 0 radical (unpaired) electrons. The summed E-state index contributed by atoms with van der Waals surface area (Å²) in [6.45, 7) is 0. The summed E-state index contributed by atoms with van der Waals surface area (Å²) in [5.41, 5.74) is 9.23. The Bertz CT molecular complexity index is 2110. The molecule has 1 nitrogen and oxygen atoms in total. The van der Waals surface area contributed by atoms with Crippen molar-refractivity contribution in [2.45, 2.75) is 0 Å². The fourth-order valence-electron chi connectivity index (χ4n) is 6.18. The molecule has 0 N–H and O–H groups in total. The van der Waals surface area contributed by atoms with Gasteiger partial charge in [-0.2, -0.15) is 0 Å². The molecule has 0 spiro atoms. The van der Waals surface area contributed by atoms with Crippen LogP contribution in [0.1, 0.15) is 0 Å². The molecule has 0 aliphatic heterocycles.